The fourth-order valence-corrected chi connectivity index (χ4v) is 2.13. The Balaban J connectivity index is 1.75. The Morgan fingerprint density at radius 2 is 2.32 bits per heavy atom. The monoisotopic (exact) mass is 266 g/mol. The molecule has 0 aromatic rings. The minimum atomic E-state index is -0.105. The van der Waals surface area contributed by atoms with Crippen molar-refractivity contribution in [1.82, 2.24) is 0 Å². The van der Waals surface area contributed by atoms with Crippen molar-refractivity contribution in [2.45, 2.75) is 38.4 Å². The number of hydrogen-bond donors (Lipinski definition) is 1. The van der Waals surface area contributed by atoms with Gasteiger partial charge in [-0.2, -0.15) is 0 Å². The Bertz CT molecular complexity index is 364. The van der Waals surface area contributed by atoms with Gasteiger partial charge in [0.05, 0.1) is 6.26 Å². The highest BCUT2D eigenvalue weighted by Gasteiger charge is 2.16. The third kappa shape index (κ3) is 4.49. The van der Waals surface area contributed by atoms with Crippen LogP contribution in [-0.2, 0) is 14.2 Å². The summed E-state index contributed by atoms with van der Waals surface area (Å²) in [6.45, 7) is 5.37. The van der Waals surface area contributed by atoms with E-state index in [-0.39, 0.29) is 12.9 Å². The molecule has 0 spiro atoms. The molecule has 1 N–H and O–H groups in total. The molecule has 106 valence electrons. The Labute approximate surface area is 114 Å². The van der Waals surface area contributed by atoms with Crippen LogP contribution in [0.3, 0.4) is 0 Å². The van der Waals surface area contributed by atoms with Crippen LogP contribution in [0, 0.1) is 0 Å². The molecule has 2 rings (SSSR count). The number of allylic oxidation sites excluding steroid dienone is 3. The largest absolute Gasteiger partial charge is 0.467 e. The summed E-state index contributed by atoms with van der Waals surface area (Å²) in [5.74, 6) is 0.756. The minimum absolute atomic E-state index is 0.105. The van der Waals surface area contributed by atoms with Crippen LogP contribution < -0.4 is 0 Å². The number of ether oxygens (including phenoxy) is 3. The predicted octanol–water partition coefficient (Wildman–Crippen LogP) is 2.66. The molecule has 0 aromatic heterocycles. The van der Waals surface area contributed by atoms with Gasteiger partial charge in [0.25, 0.3) is 0 Å². The maximum Gasteiger partial charge on any atom is 0.158 e. The fourth-order valence-electron chi connectivity index (χ4n) is 2.13. The quantitative estimate of drug-likeness (QED) is 0.803. The van der Waals surface area contributed by atoms with Gasteiger partial charge in [0.1, 0.15) is 12.4 Å². The first-order chi connectivity index (χ1) is 9.29. The third-order valence-corrected chi connectivity index (χ3v) is 3.25. The molecule has 0 aromatic carbocycles. The lowest BCUT2D eigenvalue weighted by molar-refractivity contribution is -0.160. The van der Waals surface area contributed by atoms with Gasteiger partial charge in [-0.15, -0.1) is 0 Å². The highest BCUT2D eigenvalue weighted by atomic mass is 16.7. The molecule has 0 amide bonds. The topological polar surface area (TPSA) is 47.9 Å². The van der Waals surface area contributed by atoms with Crippen molar-refractivity contribution >= 4 is 0 Å². The minimum Gasteiger partial charge on any atom is -0.467 e. The molecule has 0 saturated carbocycles. The molecule has 2 heterocycles. The zero-order valence-corrected chi connectivity index (χ0v) is 11.3. The van der Waals surface area contributed by atoms with Crippen LogP contribution in [-0.4, -0.2) is 31.2 Å². The molecule has 2 aliphatic heterocycles. The van der Waals surface area contributed by atoms with E-state index >= 15 is 0 Å². The average molecular weight is 266 g/mol. The smallest absolute Gasteiger partial charge is 0.158 e. The summed E-state index contributed by atoms with van der Waals surface area (Å²) >= 11 is 0. The zero-order chi connectivity index (χ0) is 13.5. The molecule has 1 atom stereocenters. The lowest BCUT2D eigenvalue weighted by Crippen LogP contribution is -2.23. The Morgan fingerprint density at radius 1 is 1.42 bits per heavy atom. The van der Waals surface area contributed by atoms with Crippen LogP contribution in [0.2, 0.25) is 0 Å². The SMILES string of the molecule is C=C1C=C(COC2CCCCO2)OC=C1CCCO. The van der Waals surface area contributed by atoms with Crippen LogP contribution in [0.25, 0.3) is 0 Å². The van der Waals surface area contributed by atoms with E-state index in [0.717, 1.165) is 55.6 Å². The number of hydrogen-bond acceptors (Lipinski definition) is 4. The Hall–Kier alpha value is -1.10. The Kier molecular flexibility index (Phi) is 5.63. The second kappa shape index (κ2) is 7.48. The van der Waals surface area contributed by atoms with E-state index in [0.29, 0.717) is 6.61 Å². The lowest BCUT2D eigenvalue weighted by Gasteiger charge is -2.24. The van der Waals surface area contributed by atoms with Gasteiger partial charge in [-0.05, 0) is 49.3 Å². The highest BCUT2D eigenvalue weighted by molar-refractivity contribution is 5.40. The lowest BCUT2D eigenvalue weighted by atomic mass is 10.0. The molecule has 0 aliphatic carbocycles. The van der Waals surface area contributed by atoms with E-state index in [2.05, 4.69) is 6.58 Å². The summed E-state index contributed by atoms with van der Waals surface area (Å²) in [6, 6.07) is 0. The van der Waals surface area contributed by atoms with Crippen molar-refractivity contribution in [2.24, 2.45) is 0 Å². The predicted molar refractivity (Wildman–Crippen MR) is 72.3 cm³/mol. The van der Waals surface area contributed by atoms with E-state index in [1.807, 2.05) is 6.08 Å². The van der Waals surface area contributed by atoms with Crippen molar-refractivity contribution in [1.29, 1.82) is 0 Å². The average Bonchev–Trinajstić information content (AvgIpc) is 2.45. The zero-order valence-electron chi connectivity index (χ0n) is 11.3. The number of rotatable bonds is 6. The van der Waals surface area contributed by atoms with Gasteiger partial charge in [-0.25, -0.2) is 0 Å². The van der Waals surface area contributed by atoms with Crippen molar-refractivity contribution < 1.29 is 19.3 Å². The Morgan fingerprint density at radius 3 is 3.00 bits per heavy atom. The van der Waals surface area contributed by atoms with E-state index in [1.54, 1.807) is 6.26 Å². The van der Waals surface area contributed by atoms with E-state index in [4.69, 9.17) is 19.3 Å². The maximum absolute atomic E-state index is 8.82. The molecule has 4 heteroatoms. The van der Waals surface area contributed by atoms with E-state index < -0.39 is 0 Å². The van der Waals surface area contributed by atoms with Gasteiger partial charge < -0.3 is 19.3 Å². The van der Waals surface area contributed by atoms with Crippen molar-refractivity contribution in [3.8, 4) is 0 Å². The van der Waals surface area contributed by atoms with Crippen LogP contribution in [0.5, 0.6) is 0 Å². The summed E-state index contributed by atoms with van der Waals surface area (Å²) in [5.41, 5.74) is 1.97. The summed E-state index contributed by atoms with van der Waals surface area (Å²) in [6.07, 6.45) is 8.23. The number of aliphatic hydroxyl groups is 1. The summed E-state index contributed by atoms with van der Waals surface area (Å²) in [5, 5.41) is 8.82. The molecular formula is C15H22O4. The van der Waals surface area contributed by atoms with E-state index in [1.165, 1.54) is 0 Å². The second-order valence-corrected chi connectivity index (χ2v) is 4.83. The van der Waals surface area contributed by atoms with Crippen LogP contribution >= 0.6 is 0 Å². The summed E-state index contributed by atoms with van der Waals surface area (Å²) in [4.78, 5) is 0. The van der Waals surface area contributed by atoms with Crippen LogP contribution in [0.15, 0.2) is 35.8 Å². The first-order valence-electron chi connectivity index (χ1n) is 6.89. The molecule has 0 bridgehead atoms. The van der Waals surface area contributed by atoms with E-state index in [9.17, 15) is 0 Å². The van der Waals surface area contributed by atoms with Crippen LogP contribution in [0.1, 0.15) is 32.1 Å². The molecule has 19 heavy (non-hydrogen) atoms. The second-order valence-electron chi connectivity index (χ2n) is 4.83. The molecule has 4 nitrogen and oxygen atoms in total. The standard InChI is InChI=1S/C15H22O4/c1-12-9-14(18-10-13(12)5-4-7-16)11-19-15-6-2-3-8-17-15/h9-10,15-16H,1-8,11H2. The third-order valence-electron chi connectivity index (χ3n) is 3.25. The van der Waals surface area contributed by atoms with Gasteiger partial charge in [0.15, 0.2) is 6.29 Å². The van der Waals surface area contributed by atoms with Crippen molar-refractivity contribution in [2.75, 3.05) is 19.8 Å². The maximum atomic E-state index is 8.82. The summed E-state index contributed by atoms with van der Waals surface area (Å²) in [7, 11) is 0. The van der Waals surface area contributed by atoms with Gasteiger partial charge in [0.2, 0.25) is 0 Å². The summed E-state index contributed by atoms with van der Waals surface area (Å²) < 4.78 is 16.7. The molecule has 1 fully saturated rings. The molecule has 1 saturated heterocycles. The van der Waals surface area contributed by atoms with Gasteiger partial charge in [-0.1, -0.05) is 6.58 Å². The molecule has 2 aliphatic rings. The van der Waals surface area contributed by atoms with Gasteiger partial charge in [-0.3, -0.25) is 0 Å². The molecule has 1 unspecified atom stereocenters. The molecule has 0 radical (unpaired) electrons. The van der Waals surface area contributed by atoms with Gasteiger partial charge in [0, 0.05) is 13.2 Å². The van der Waals surface area contributed by atoms with Crippen molar-refractivity contribution in [3.63, 3.8) is 0 Å². The van der Waals surface area contributed by atoms with Crippen molar-refractivity contribution in [3.05, 3.63) is 35.8 Å². The highest BCUT2D eigenvalue weighted by Crippen LogP contribution is 2.24. The molecular weight excluding hydrogens is 244 g/mol. The van der Waals surface area contributed by atoms with Crippen LogP contribution in [0.4, 0.5) is 0 Å². The number of aliphatic hydroxyl groups excluding tert-OH is 1. The first-order valence-corrected chi connectivity index (χ1v) is 6.89. The fraction of sp³-hybridized carbons (Fsp3) is 0.600. The van der Waals surface area contributed by atoms with Gasteiger partial charge >= 0.3 is 0 Å². The first kappa shape index (κ1) is 14.3. The normalized spacial score (nSPS) is 23.6.